The van der Waals surface area contributed by atoms with Crippen molar-refractivity contribution in [3.63, 3.8) is 0 Å². The van der Waals surface area contributed by atoms with Gasteiger partial charge in [0, 0.05) is 77.8 Å². The average molecular weight is 917 g/mol. The summed E-state index contributed by atoms with van der Waals surface area (Å²) in [7, 11) is 6.37. The molecule has 64 heavy (non-hydrogen) atoms. The summed E-state index contributed by atoms with van der Waals surface area (Å²) < 4.78 is 77.6. The molecule has 0 aromatic rings. The molecule has 370 valence electrons. The van der Waals surface area contributed by atoms with Crippen molar-refractivity contribution in [3.8, 4) is 0 Å². The van der Waals surface area contributed by atoms with Gasteiger partial charge in [0.05, 0.1) is 78.7 Å². The van der Waals surface area contributed by atoms with Crippen LogP contribution in [-0.4, -0.2) is 169 Å². The van der Waals surface area contributed by atoms with Crippen LogP contribution < -0.4 is 0 Å². The molecule has 7 aliphatic heterocycles. The highest BCUT2D eigenvalue weighted by Crippen LogP contribution is 2.55. The van der Waals surface area contributed by atoms with E-state index in [-0.39, 0.29) is 60.8 Å². The van der Waals surface area contributed by atoms with Crippen molar-refractivity contribution in [1.82, 2.24) is 0 Å². The van der Waals surface area contributed by atoms with Crippen LogP contribution in [0.15, 0.2) is 0 Å². The second-order valence-electron chi connectivity index (χ2n) is 21.3. The Kier molecular flexibility index (Phi) is 15.1. The Hall–Kier alpha value is -1.13. The highest BCUT2D eigenvalue weighted by molar-refractivity contribution is 5.68. The first kappa shape index (κ1) is 50.7. The van der Waals surface area contributed by atoms with Crippen LogP contribution in [0.4, 0.5) is 0 Å². The molecule has 0 aromatic carbocycles. The van der Waals surface area contributed by atoms with Gasteiger partial charge < -0.3 is 77.3 Å². The first-order valence-electron chi connectivity index (χ1n) is 23.8. The quantitative estimate of drug-likeness (QED) is 0.203. The third kappa shape index (κ3) is 9.46. The molecule has 0 bridgehead atoms. The predicted molar refractivity (Wildman–Crippen MR) is 228 cm³/mol. The third-order valence-electron chi connectivity index (χ3n) is 16.8. The number of aliphatic hydroxyl groups is 3. The highest BCUT2D eigenvalue weighted by atomic mass is 16.7. The van der Waals surface area contributed by atoms with Crippen molar-refractivity contribution >= 4 is 5.97 Å². The van der Waals surface area contributed by atoms with E-state index in [0.717, 1.165) is 6.42 Å². The maximum absolute atomic E-state index is 11.9. The first-order valence-corrected chi connectivity index (χ1v) is 23.8. The van der Waals surface area contributed by atoms with Crippen LogP contribution in [0.5, 0.6) is 0 Å². The van der Waals surface area contributed by atoms with Crippen LogP contribution >= 0.6 is 0 Å². The van der Waals surface area contributed by atoms with Gasteiger partial charge in [0.25, 0.3) is 0 Å². The Morgan fingerprint density at radius 1 is 0.766 bits per heavy atom. The zero-order valence-corrected chi connectivity index (χ0v) is 40.4. The number of carboxylic acids is 1. The molecule has 0 aliphatic carbocycles. The molecule has 17 heteroatoms. The number of rotatable bonds is 13. The number of carbonyl (C=O) groups is 1. The molecule has 24 atom stereocenters. The summed E-state index contributed by atoms with van der Waals surface area (Å²) in [5.41, 5.74) is -1.60. The molecule has 7 saturated heterocycles. The van der Waals surface area contributed by atoms with Crippen molar-refractivity contribution in [2.45, 2.75) is 234 Å². The fourth-order valence-electron chi connectivity index (χ4n) is 12.7. The van der Waals surface area contributed by atoms with E-state index in [2.05, 4.69) is 13.8 Å². The molecule has 7 heterocycles. The van der Waals surface area contributed by atoms with Gasteiger partial charge in [0.15, 0.2) is 23.7 Å². The first-order chi connectivity index (χ1) is 30.0. The van der Waals surface area contributed by atoms with Crippen LogP contribution in [0, 0.1) is 29.6 Å². The zero-order valence-electron chi connectivity index (χ0n) is 40.4. The summed E-state index contributed by atoms with van der Waals surface area (Å²) >= 11 is 0. The zero-order chi connectivity index (χ0) is 46.9. The van der Waals surface area contributed by atoms with Gasteiger partial charge in [-0.05, 0) is 59.3 Å². The number of aliphatic hydroxyl groups excluding tert-OH is 1. The summed E-state index contributed by atoms with van der Waals surface area (Å²) in [6.07, 6.45) is -3.18. The molecule has 0 aromatic heterocycles. The molecule has 7 aliphatic rings. The number of methoxy groups -OCH3 is 4. The minimum Gasteiger partial charge on any atom is -0.481 e. The number of carboxylic acid groups (broad SMARTS) is 1. The number of hydrogen-bond donors (Lipinski definition) is 4. The van der Waals surface area contributed by atoms with Gasteiger partial charge in [-0.2, -0.15) is 0 Å². The predicted octanol–water partition coefficient (Wildman–Crippen LogP) is 4.32. The van der Waals surface area contributed by atoms with Crippen LogP contribution in [0.3, 0.4) is 0 Å². The normalized spacial score (nSPS) is 54.1. The maximum Gasteiger partial charge on any atom is 0.308 e. The fraction of sp³-hybridized carbons (Fsp3) is 0.979. The van der Waals surface area contributed by atoms with Gasteiger partial charge in [-0.15, -0.1) is 0 Å². The van der Waals surface area contributed by atoms with Gasteiger partial charge in [0.2, 0.25) is 0 Å². The molecule has 0 amide bonds. The fourth-order valence-corrected chi connectivity index (χ4v) is 12.7. The van der Waals surface area contributed by atoms with Crippen molar-refractivity contribution in [2.24, 2.45) is 29.6 Å². The number of hydrogen-bond acceptors (Lipinski definition) is 16. The van der Waals surface area contributed by atoms with E-state index in [9.17, 15) is 25.2 Å². The topological polar surface area (TPSA) is 209 Å². The SMILES string of the molecule is CO[C@H]1[C@@H](OC)[C@H](C)[C@@](O)(CC(=O)O)O[C@H]1[C@@H](C)[C@H]1O[C@@]2(CC[C@@](C)([C@H]3CC[C@@](C)([C@@H]4O[C@@H]([C@H]5O[C@](C)(O)[C@H](C)C[C@@H]5C)C[C@@H]4O[C@@H]4C[C@H](OC)[C@H](OC)[C@H](C)O4)O3)O2)C[C@H](O)[C@H]1C. The lowest BCUT2D eigenvalue weighted by molar-refractivity contribution is -0.365. The lowest BCUT2D eigenvalue weighted by atomic mass is 9.75. The smallest absolute Gasteiger partial charge is 0.308 e. The Balaban J connectivity index is 1.09. The summed E-state index contributed by atoms with van der Waals surface area (Å²) in [4.78, 5) is 11.9. The van der Waals surface area contributed by atoms with Crippen LogP contribution in [-0.2, 0) is 61.6 Å². The number of aliphatic carboxylic acids is 1. The molecule has 4 N–H and O–H groups in total. The van der Waals surface area contributed by atoms with Gasteiger partial charge in [-0.3, -0.25) is 4.79 Å². The molecular formula is C47H80O17. The van der Waals surface area contributed by atoms with Gasteiger partial charge in [0.1, 0.15) is 18.3 Å². The Bertz CT molecular complexity index is 1600. The third-order valence-corrected chi connectivity index (χ3v) is 16.8. The van der Waals surface area contributed by atoms with Crippen molar-refractivity contribution in [2.75, 3.05) is 28.4 Å². The standard InChI is InChI=1S/C47H80O17/c1-23-18-24(2)45(9,51)61-36(23)31-19-32(58-35-20-30(53-10)40(55-12)28(6)57-35)42(59-31)44(8)15-14-33(60-44)43(7)16-17-46(64-43)21-29(48)25(3)37(62-46)26(4)38-41(56-13)39(54-11)27(5)47(52,63-38)22-34(49)50/h23-33,35-42,48,51-52H,14-22H2,1-13H3,(H,49,50)/t23-,24+,25+,26-,27-,28-,29-,30-,31+,32-,33+,35+,36-,37-,38-,39-,40+,41+,42+,43-,44-,45-,46+,47+/m0/s1. The lowest BCUT2D eigenvalue weighted by Crippen LogP contribution is -2.65. The summed E-state index contributed by atoms with van der Waals surface area (Å²) in [6, 6.07) is 0. The molecule has 0 unspecified atom stereocenters. The minimum absolute atomic E-state index is 0.0406. The van der Waals surface area contributed by atoms with E-state index in [0.29, 0.717) is 38.5 Å². The average Bonchev–Trinajstić information content (AvgIpc) is 3.94. The highest BCUT2D eigenvalue weighted by Gasteiger charge is 2.64. The van der Waals surface area contributed by atoms with Crippen molar-refractivity contribution in [3.05, 3.63) is 0 Å². The molecule has 7 rings (SSSR count). The van der Waals surface area contributed by atoms with Gasteiger partial charge >= 0.3 is 5.97 Å². The Morgan fingerprint density at radius 3 is 2.09 bits per heavy atom. The van der Waals surface area contributed by atoms with Crippen LogP contribution in [0.2, 0.25) is 0 Å². The van der Waals surface area contributed by atoms with E-state index >= 15 is 0 Å². The summed E-state index contributed by atoms with van der Waals surface area (Å²) in [6.45, 7) is 17.5. The second-order valence-corrected chi connectivity index (χ2v) is 21.3. The second kappa shape index (κ2) is 19.0. The monoisotopic (exact) mass is 917 g/mol. The van der Waals surface area contributed by atoms with Crippen molar-refractivity contribution in [1.29, 1.82) is 0 Å². The van der Waals surface area contributed by atoms with E-state index < -0.39 is 102 Å². The Labute approximate surface area is 379 Å². The minimum atomic E-state index is -2.03. The summed E-state index contributed by atoms with van der Waals surface area (Å²) in [5.74, 6) is -7.18. The molecule has 0 radical (unpaired) electrons. The molecule has 17 nitrogen and oxygen atoms in total. The molecule has 0 saturated carbocycles. The van der Waals surface area contributed by atoms with Crippen LogP contribution in [0.25, 0.3) is 0 Å². The van der Waals surface area contributed by atoms with Gasteiger partial charge in [-0.25, -0.2) is 0 Å². The van der Waals surface area contributed by atoms with Crippen molar-refractivity contribution < 1.29 is 82.1 Å². The lowest BCUT2D eigenvalue weighted by Gasteiger charge is -2.53. The van der Waals surface area contributed by atoms with Crippen LogP contribution in [0.1, 0.15) is 120 Å². The number of ether oxygens (including phenoxy) is 12. The molecule has 7 fully saturated rings. The van der Waals surface area contributed by atoms with E-state index in [1.54, 1.807) is 28.1 Å². The van der Waals surface area contributed by atoms with E-state index in [1.165, 1.54) is 14.2 Å². The Morgan fingerprint density at radius 2 is 1.45 bits per heavy atom. The van der Waals surface area contributed by atoms with Gasteiger partial charge in [-0.1, -0.05) is 34.6 Å². The van der Waals surface area contributed by atoms with E-state index in [4.69, 9.17) is 56.8 Å². The summed E-state index contributed by atoms with van der Waals surface area (Å²) in [5, 5.41) is 44.3. The van der Waals surface area contributed by atoms with E-state index in [1.807, 2.05) is 34.6 Å². The maximum atomic E-state index is 11.9. The largest absolute Gasteiger partial charge is 0.481 e. The molecule has 1 spiro atoms. The molecular weight excluding hydrogens is 836 g/mol.